The van der Waals surface area contributed by atoms with Crippen LogP contribution in [0, 0.1) is 5.82 Å². The van der Waals surface area contributed by atoms with Crippen LogP contribution in [-0.4, -0.2) is 31.5 Å². The Bertz CT molecular complexity index is 744. The molecule has 2 aromatic carbocycles. The number of nitrogens with one attached hydrogen (secondary N) is 1. The summed E-state index contributed by atoms with van der Waals surface area (Å²) in [6, 6.07) is 11.6. The van der Waals surface area contributed by atoms with Gasteiger partial charge in [-0.3, -0.25) is 9.69 Å². The molecule has 1 amide bonds. The van der Waals surface area contributed by atoms with E-state index in [0.717, 1.165) is 36.3 Å². The number of benzene rings is 2. The number of fused-ring (bicyclic) bond motifs is 1. The molecule has 132 valence electrons. The standard InChI is InChI=1S/C20H23FN2O2/c1-23(2)19(15-6-8-17(21)9-7-15)20(24)22-13-14-5-10-18-16(12-14)4-3-11-25-18/h5-10,12,19H,3-4,11,13H2,1-2H3,(H,22,24). The SMILES string of the molecule is CN(C)C(C(=O)NCc1ccc2c(c1)CCCO2)c1ccc(F)cc1. The Labute approximate surface area is 147 Å². The molecule has 0 fully saturated rings. The van der Waals surface area contributed by atoms with E-state index in [0.29, 0.717) is 6.54 Å². The van der Waals surface area contributed by atoms with E-state index in [1.165, 1.54) is 17.7 Å². The van der Waals surface area contributed by atoms with Gasteiger partial charge in [0, 0.05) is 6.54 Å². The highest BCUT2D eigenvalue weighted by atomic mass is 19.1. The van der Waals surface area contributed by atoms with Crippen molar-refractivity contribution in [2.24, 2.45) is 0 Å². The molecule has 4 nitrogen and oxygen atoms in total. The molecule has 1 N–H and O–H groups in total. The maximum atomic E-state index is 13.1. The molecular formula is C20H23FN2O2. The molecule has 0 radical (unpaired) electrons. The molecule has 0 saturated carbocycles. The number of aryl methyl sites for hydroxylation is 1. The Hall–Kier alpha value is -2.40. The fourth-order valence-corrected chi connectivity index (χ4v) is 3.14. The van der Waals surface area contributed by atoms with Crippen LogP contribution < -0.4 is 10.1 Å². The lowest BCUT2D eigenvalue weighted by Crippen LogP contribution is -2.36. The van der Waals surface area contributed by atoms with Gasteiger partial charge in [-0.1, -0.05) is 24.3 Å². The lowest BCUT2D eigenvalue weighted by Gasteiger charge is -2.24. The van der Waals surface area contributed by atoms with E-state index in [9.17, 15) is 9.18 Å². The third kappa shape index (κ3) is 4.17. The largest absolute Gasteiger partial charge is 0.493 e. The van der Waals surface area contributed by atoms with Crippen LogP contribution in [0.3, 0.4) is 0 Å². The van der Waals surface area contributed by atoms with Gasteiger partial charge in [0.1, 0.15) is 17.6 Å². The maximum Gasteiger partial charge on any atom is 0.242 e. The van der Waals surface area contributed by atoms with Crippen molar-refractivity contribution in [3.8, 4) is 5.75 Å². The minimum Gasteiger partial charge on any atom is -0.493 e. The molecule has 3 rings (SSSR count). The zero-order valence-electron chi connectivity index (χ0n) is 14.6. The fraction of sp³-hybridized carbons (Fsp3) is 0.350. The van der Waals surface area contributed by atoms with Crippen molar-refractivity contribution in [1.82, 2.24) is 10.2 Å². The molecule has 1 aliphatic heterocycles. The van der Waals surface area contributed by atoms with E-state index < -0.39 is 6.04 Å². The van der Waals surface area contributed by atoms with E-state index in [1.54, 1.807) is 12.1 Å². The first-order valence-electron chi connectivity index (χ1n) is 8.49. The number of rotatable bonds is 5. The Morgan fingerprint density at radius 1 is 1.24 bits per heavy atom. The molecule has 0 spiro atoms. The molecule has 2 aromatic rings. The number of hydrogen-bond donors (Lipinski definition) is 1. The van der Waals surface area contributed by atoms with Gasteiger partial charge in [0.15, 0.2) is 0 Å². The second kappa shape index (κ2) is 7.66. The summed E-state index contributed by atoms with van der Waals surface area (Å²) < 4.78 is 18.8. The van der Waals surface area contributed by atoms with E-state index in [4.69, 9.17) is 4.74 Å². The van der Waals surface area contributed by atoms with Crippen molar-refractivity contribution in [2.45, 2.75) is 25.4 Å². The highest BCUT2D eigenvalue weighted by Gasteiger charge is 2.22. The average Bonchev–Trinajstić information content (AvgIpc) is 2.61. The Balaban J connectivity index is 1.68. The first kappa shape index (κ1) is 17.4. The molecule has 0 bridgehead atoms. The van der Waals surface area contributed by atoms with Gasteiger partial charge < -0.3 is 10.1 Å². The fourth-order valence-electron chi connectivity index (χ4n) is 3.14. The van der Waals surface area contributed by atoms with E-state index >= 15 is 0 Å². The van der Waals surface area contributed by atoms with Gasteiger partial charge >= 0.3 is 0 Å². The summed E-state index contributed by atoms with van der Waals surface area (Å²) in [5, 5.41) is 2.99. The number of hydrogen-bond acceptors (Lipinski definition) is 3. The number of ether oxygens (including phenoxy) is 1. The number of amides is 1. The summed E-state index contributed by atoms with van der Waals surface area (Å²) in [5.41, 5.74) is 3.01. The van der Waals surface area contributed by atoms with Gasteiger partial charge in [-0.05, 0) is 61.8 Å². The van der Waals surface area contributed by atoms with Crippen LogP contribution in [-0.2, 0) is 17.8 Å². The molecule has 1 unspecified atom stereocenters. The molecular weight excluding hydrogens is 319 g/mol. The van der Waals surface area contributed by atoms with Crippen LogP contribution in [0.5, 0.6) is 5.75 Å². The van der Waals surface area contributed by atoms with Crippen molar-refractivity contribution in [3.05, 3.63) is 65.0 Å². The van der Waals surface area contributed by atoms with Gasteiger partial charge in [-0.15, -0.1) is 0 Å². The Morgan fingerprint density at radius 2 is 2.00 bits per heavy atom. The minimum atomic E-state index is -0.457. The summed E-state index contributed by atoms with van der Waals surface area (Å²) in [6.07, 6.45) is 2.03. The predicted octanol–water partition coefficient (Wildman–Crippen LogP) is 3.07. The van der Waals surface area contributed by atoms with Gasteiger partial charge in [-0.25, -0.2) is 4.39 Å². The molecule has 1 atom stereocenters. The van der Waals surface area contributed by atoms with Crippen LogP contribution in [0.25, 0.3) is 0 Å². The number of halogens is 1. The average molecular weight is 342 g/mol. The summed E-state index contributed by atoms with van der Waals surface area (Å²) in [7, 11) is 3.67. The molecule has 0 aromatic heterocycles. The van der Waals surface area contributed by atoms with Crippen molar-refractivity contribution in [1.29, 1.82) is 0 Å². The van der Waals surface area contributed by atoms with Gasteiger partial charge in [-0.2, -0.15) is 0 Å². The number of nitrogens with zero attached hydrogens (tertiary/aromatic N) is 1. The lowest BCUT2D eigenvalue weighted by atomic mass is 10.0. The predicted molar refractivity (Wildman–Crippen MR) is 94.9 cm³/mol. The van der Waals surface area contributed by atoms with Gasteiger partial charge in [0.25, 0.3) is 0 Å². The first-order valence-corrected chi connectivity index (χ1v) is 8.49. The van der Waals surface area contributed by atoms with Crippen LogP contribution in [0.15, 0.2) is 42.5 Å². The molecule has 1 aliphatic rings. The minimum absolute atomic E-state index is 0.106. The molecule has 25 heavy (non-hydrogen) atoms. The van der Waals surface area contributed by atoms with Crippen molar-refractivity contribution in [2.75, 3.05) is 20.7 Å². The van der Waals surface area contributed by atoms with E-state index in [2.05, 4.69) is 11.4 Å². The second-order valence-electron chi connectivity index (χ2n) is 6.53. The summed E-state index contributed by atoms with van der Waals surface area (Å²) in [6.45, 7) is 1.23. The van der Waals surface area contributed by atoms with Gasteiger partial charge in [0.2, 0.25) is 5.91 Å². The highest BCUT2D eigenvalue weighted by Crippen LogP contribution is 2.25. The molecule has 5 heteroatoms. The summed E-state index contributed by atoms with van der Waals surface area (Å²) in [5.74, 6) is 0.530. The highest BCUT2D eigenvalue weighted by molar-refractivity contribution is 5.83. The smallest absolute Gasteiger partial charge is 0.242 e. The first-order chi connectivity index (χ1) is 12.0. The second-order valence-corrected chi connectivity index (χ2v) is 6.53. The third-order valence-corrected chi connectivity index (χ3v) is 4.39. The molecule has 0 aliphatic carbocycles. The normalized spacial score (nSPS) is 14.6. The molecule has 0 saturated heterocycles. The van der Waals surface area contributed by atoms with Crippen LogP contribution >= 0.6 is 0 Å². The number of carbonyl (C=O) groups is 1. The van der Waals surface area contributed by atoms with E-state index in [-0.39, 0.29) is 11.7 Å². The number of carbonyl (C=O) groups excluding carboxylic acids is 1. The summed E-state index contributed by atoms with van der Waals surface area (Å²) in [4.78, 5) is 14.5. The quantitative estimate of drug-likeness (QED) is 0.908. The van der Waals surface area contributed by atoms with Crippen LogP contribution in [0.2, 0.25) is 0 Å². The van der Waals surface area contributed by atoms with Crippen molar-refractivity contribution >= 4 is 5.91 Å². The zero-order valence-corrected chi connectivity index (χ0v) is 14.6. The van der Waals surface area contributed by atoms with Crippen molar-refractivity contribution < 1.29 is 13.9 Å². The van der Waals surface area contributed by atoms with Crippen molar-refractivity contribution in [3.63, 3.8) is 0 Å². The Morgan fingerprint density at radius 3 is 2.72 bits per heavy atom. The zero-order chi connectivity index (χ0) is 17.8. The van der Waals surface area contributed by atoms with Gasteiger partial charge in [0.05, 0.1) is 6.61 Å². The topological polar surface area (TPSA) is 41.6 Å². The number of likely N-dealkylation sites (N-methyl/N-ethyl adjacent to an activating group) is 1. The van der Waals surface area contributed by atoms with Crippen LogP contribution in [0.1, 0.15) is 29.2 Å². The maximum absolute atomic E-state index is 13.1. The monoisotopic (exact) mass is 342 g/mol. The Kier molecular flexibility index (Phi) is 5.34. The third-order valence-electron chi connectivity index (χ3n) is 4.39. The molecule has 1 heterocycles. The van der Waals surface area contributed by atoms with Crippen LogP contribution in [0.4, 0.5) is 4.39 Å². The van der Waals surface area contributed by atoms with E-state index in [1.807, 2.05) is 31.1 Å². The lowest BCUT2D eigenvalue weighted by molar-refractivity contribution is -0.125. The summed E-state index contributed by atoms with van der Waals surface area (Å²) >= 11 is 0.